The van der Waals surface area contributed by atoms with Crippen molar-refractivity contribution in [1.82, 2.24) is 29.9 Å². The van der Waals surface area contributed by atoms with Gasteiger partial charge in [0.2, 0.25) is 5.82 Å². The molecule has 0 radical (unpaired) electrons. The number of rotatable bonds is 12. The molecule has 0 bridgehead atoms. The van der Waals surface area contributed by atoms with Gasteiger partial charge in [-0.05, 0) is 36.6 Å². The van der Waals surface area contributed by atoms with E-state index in [9.17, 15) is 23.2 Å². The van der Waals surface area contributed by atoms with Crippen LogP contribution in [0, 0.1) is 12.7 Å². The van der Waals surface area contributed by atoms with Gasteiger partial charge in [0, 0.05) is 38.3 Å². The Morgan fingerprint density at radius 2 is 1.90 bits per heavy atom. The number of carbonyl (C=O) groups is 2. The maximum Gasteiger partial charge on any atom is 0.288 e. The second-order valence-corrected chi connectivity index (χ2v) is 9.26. The number of amides is 2. The molecule has 4 rings (SSSR count). The molecule has 1 unspecified atom stereocenters. The molecule has 0 aliphatic rings. The zero-order valence-electron chi connectivity index (χ0n) is 22.5. The number of pyridine rings is 2. The molecule has 214 valence electrons. The Labute approximate surface area is 234 Å². The van der Waals surface area contributed by atoms with Gasteiger partial charge in [-0.3, -0.25) is 19.4 Å². The first-order valence-electron chi connectivity index (χ1n) is 12.8. The van der Waals surface area contributed by atoms with E-state index >= 15 is 0 Å². The fourth-order valence-corrected chi connectivity index (χ4v) is 3.98. The second kappa shape index (κ2) is 13.5. The predicted octanol–water partition coefficient (Wildman–Crippen LogP) is 2.97. The summed E-state index contributed by atoms with van der Waals surface area (Å²) in [7, 11) is 1.35. The minimum Gasteiger partial charge on any atom is -0.367 e. The summed E-state index contributed by atoms with van der Waals surface area (Å²) in [5.74, 6) is -2.29. The summed E-state index contributed by atoms with van der Waals surface area (Å²) < 4.78 is 36.9. The van der Waals surface area contributed by atoms with Crippen LogP contribution < -0.4 is 16.2 Å². The highest BCUT2D eigenvalue weighted by atomic mass is 19.1. The van der Waals surface area contributed by atoms with E-state index in [1.165, 1.54) is 30.3 Å². The summed E-state index contributed by atoms with van der Waals surface area (Å²) in [6.07, 6.45) is 1.66. The quantitative estimate of drug-likeness (QED) is 0.270. The van der Waals surface area contributed by atoms with Crippen LogP contribution in [0.5, 0.6) is 0 Å². The molecule has 0 saturated carbocycles. The number of hydrogen-bond acceptors (Lipinski definition) is 7. The van der Waals surface area contributed by atoms with Crippen molar-refractivity contribution in [2.75, 3.05) is 12.4 Å². The van der Waals surface area contributed by atoms with Crippen molar-refractivity contribution in [1.29, 1.82) is 0 Å². The Kier molecular flexibility index (Phi) is 9.64. The minimum absolute atomic E-state index is 0.0242. The van der Waals surface area contributed by atoms with E-state index in [2.05, 4.69) is 25.9 Å². The SMILES string of the molecule is CO[C@H](C(=O)Nc1ccn(CCC(F)Cn2cc(C(=O)NCc3ccc(C)nc3)nn2)c(=O)c1F)c1ccccc1. The molecule has 0 aliphatic carbocycles. The fourth-order valence-electron chi connectivity index (χ4n) is 3.98. The number of carbonyl (C=O) groups excluding carboxylic acids is 2. The highest BCUT2D eigenvalue weighted by Crippen LogP contribution is 2.19. The number of methoxy groups -OCH3 is 1. The zero-order chi connectivity index (χ0) is 29.4. The van der Waals surface area contributed by atoms with Crippen molar-refractivity contribution in [2.45, 2.75) is 45.3 Å². The van der Waals surface area contributed by atoms with Crippen molar-refractivity contribution >= 4 is 17.5 Å². The summed E-state index contributed by atoms with van der Waals surface area (Å²) in [6, 6.07) is 13.5. The molecule has 2 amide bonds. The third-order valence-electron chi connectivity index (χ3n) is 6.21. The summed E-state index contributed by atoms with van der Waals surface area (Å²) >= 11 is 0. The molecule has 0 spiro atoms. The number of anilines is 1. The van der Waals surface area contributed by atoms with Crippen molar-refractivity contribution in [3.05, 3.63) is 106 Å². The molecule has 0 saturated heterocycles. The van der Waals surface area contributed by atoms with Crippen LogP contribution in [0.1, 0.15) is 39.8 Å². The summed E-state index contributed by atoms with van der Waals surface area (Å²) in [5, 5.41) is 12.6. The Hall–Kier alpha value is -4.78. The molecule has 3 heterocycles. The lowest BCUT2D eigenvalue weighted by atomic mass is 10.1. The lowest BCUT2D eigenvalue weighted by molar-refractivity contribution is -0.126. The molecule has 41 heavy (non-hydrogen) atoms. The van der Waals surface area contributed by atoms with Gasteiger partial charge in [0.15, 0.2) is 11.8 Å². The van der Waals surface area contributed by atoms with Crippen LogP contribution in [0.25, 0.3) is 0 Å². The van der Waals surface area contributed by atoms with Gasteiger partial charge in [-0.25, -0.2) is 9.07 Å². The number of hydrogen-bond donors (Lipinski definition) is 2. The monoisotopic (exact) mass is 565 g/mol. The highest BCUT2D eigenvalue weighted by Gasteiger charge is 2.22. The van der Waals surface area contributed by atoms with Gasteiger partial charge in [-0.15, -0.1) is 5.10 Å². The largest absolute Gasteiger partial charge is 0.367 e. The van der Waals surface area contributed by atoms with Gasteiger partial charge in [-0.2, -0.15) is 4.39 Å². The number of halogens is 2. The maximum absolute atomic E-state index is 14.8. The normalized spacial score (nSPS) is 12.5. The van der Waals surface area contributed by atoms with Crippen LogP contribution in [0.3, 0.4) is 0 Å². The molecule has 13 heteroatoms. The first-order valence-corrected chi connectivity index (χ1v) is 12.8. The summed E-state index contributed by atoms with van der Waals surface area (Å²) in [5.41, 5.74) is 0.949. The van der Waals surface area contributed by atoms with E-state index in [0.717, 1.165) is 15.8 Å². The van der Waals surface area contributed by atoms with Crippen molar-refractivity contribution < 1.29 is 23.1 Å². The van der Waals surface area contributed by atoms with Gasteiger partial charge in [-0.1, -0.05) is 41.6 Å². The first-order chi connectivity index (χ1) is 19.7. The molecule has 0 fully saturated rings. The van der Waals surface area contributed by atoms with E-state index in [1.807, 2.05) is 19.1 Å². The van der Waals surface area contributed by atoms with E-state index in [1.54, 1.807) is 36.5 Å². The van der Waals surface area contributed by atoms with Crippen molar-refractivity contribution in [2.24, 2.45) is 0 Å². The second-order valence-electron chi connectivity index (χ2n) is 9.26. The van der Waals surface area contributed by atoms with Crippen molar-refractivity contribution in [3.8, 4) is 0 Å². The zero-order valence-corrected chi connectivity index (χ0v) is 22.5. The third kappa shape index (κ3) is 7.66. The molecule has 1 aromatic carbocycles. The average Bonchev–Trinajstić information content (AvgIpc) is 3.44. The Bertz CT molecular complexity index is 1540. The van der Waals surface area contributed by atoms with E-state index in [4.69, 9.17) is 4.74 Å². The Morgan fingerprint density at radius 1 is 1.12 bits per heavy atom. The lowest BCUT2D eigenvalue weighted by Crippen LogP contribution is -2.28. The molecular weight excluding hydrogens is 536 g/mol. The van der Waals surface area contributed by atoms with Gasteiger partial charge < -0.3 is 19.9 Å². The Balaban J connectivity index is 1.29. The van der Waals surface area contributed by atoms with Crippen LogP contribution in [0.15, 0.2) is 71.9 Å². The number of benzene rings is 1. The maximum atomic E-state index is 14.8. The van der Waals surface area contributed by atoms with Gasteiger partial charge in [0.25, 0.3) is 17.4 Å². The van der Waals surface area contributed by atoms with E-state index < -0.39 is 35.5 Å². The van der Waals surface area contributed by atoms with Gasteiger partial charge >= 0.3 is 0 Å². The van der Waals surface area contributed by atoms with Gasteiger partial charge in [0.1, 0.15) is 6.17 Å². The smallest absolute Gasteiger partial charge is 0.288 e. The topological polar surface area (TPSA) is 133 Å². The standard InChI is InChI=1S/C28H29F2N7O4/c1-18-8-9-19(14-31-18)15-32-26(38)23-17-37(35-34-23)16-21(29)10-12-36-13-11-22(24(30)28(36)40)33-27(39)25(41-2)20-6-4-3-5-7-20/h3-9,11,13-14,17,21,25H,10,12,15-16H2,1-2H3,(H,32,38)(H,33,39)/t21?,25-/m0/s1. The summed E-state index contributed by atoms with van der Waals surface area (Å²) in [6.45, 7) is 1.77. The molecular formula is C28H29F2N7O4. The van der Waals surface area contributed by atoms with Crippen molar-refractivity contribution in [3.63, 3.8) is 0 Å². The average molecular weight is 566 g/mol. The minimum atomic E-state index is -1.46. The number of nitrogens with one attached hydrogen (secondary N) is 2. The van der Waals surface area contributed by atoms with E-state index in [-0.39, 0.29) is 37.4 Å². The number of ether oxygens (including phenoxy) is 1. The number of aryl methyl sites for hydroxylation is 2. The van der Waals surface area contributed by atoms with Crippen LogP contribution in [-0.4, -0.2) is 49.6 Å². The molecule has 11 nitrogen and oxygen atoms in total. The van der Waals surface area contributed by atoms with Gasteiger partial charge in [0.05, 0.1) is 18.4 Å². The number of nitrogens with zero attached hydrogens (tertiary/aromatic N) is 5. The number of aromatic nitrogens is 5. The first kappa shape index (κ1) is 29.2. The van der Waals surface area contributed by atoms with Crippen LogP contribution in [0.2, 0.25) is 0 Å². The molecule has 3 aromatic heterocycles. The predicted molar refractivity (Wildman–Crippen MR) is 145 cm³/mol. The third-order valence-corrected chi connectivity index (χ3v) is 6.21. The van der Waals surface area contributed by atoms with Crippen LogP contribution in [0.4, 0.5) is 14.5 Å². The van der Waals surface area contributed by atoms with Crippen LogP contribution >= 0.6 is 0 Å². The molecule has 2 atom stereocenters. The number of alkyl halides is 1. The lowest BCUT2D eigenvalue weighted by Gasteiger charge is -2.16. The molecule has 2 N–H and O–H groups in total. The summed E-state index contributed by atoms with van der Waals surface area (Å²) in [4.78, 5) is 41.7. The van der Waals surface area contributed by atoms with E-state index in [0.29, 0.717) is 5.56 Å². The fraction of sp³-hybridized carbons (Fsp3) is 0.286. The molecule has 4 aromatic rings. The van der Waals surface area contributed by atoms with Crippen LogP contribution in [-0.2, 0) is 29.2 Å². The Morgan fingerprint density at radius 3 is 2.61 bits per heavy atom. The highest BCUT2D eigenvalue weighted by molar-refractivity contribution is 5.95. The molecule has 0 aliphatic heterocycles.